The SMILES string of the molecule is Cc1ccc(CN2CCCC3(CC(N(C)c4ncccn4)CO3)C2)o1. The minimum Gasteiger partial charge on any atom is -0.465 e. The van der Waals surface area contributed by atoms with Gasteiger partial charge < -0.3 is 14.1 Å². The molecule has 2 aromatic heterocycles. The summed E-state index contributed by atoms with van der Waals surface area (Å²) in [5, 5.41) is 0. The summed E-state index contributed by atoms with van der Waals surface area (Å²) in [6.07, 6.45) is 6.89. The number of likely N-dealkylation sites (N-methyl/N-ethyl adjacent to an activating group) is 1. The number of likely N-dealkylation sites (tertiary alicyclic amines) is 1. The van der Waals surface area contributed by atoms with E-state index in [1.165, 1.54) is 0 Å². The predicted octanol–water partition coefficient (Wildman–Crippen LogP) is 2.64. The highest BCUT2D eigenvalue weighted by atomic mass is 16.5. The second kappa shape index (κ2) is 6.77. The Kier molecular flexibility index (Phi) is 4.48. The van der Waals surface area contributed by atoms with Crippen LogP contribution < -0.4 is 4.90 Å². The van der Waals surface area contributed by atoms with Crippen molar-refractivity contribution in [1.82, 2.24) is 14.9 Å². The highest BCUT2D eigenvalue weighted by Gasteiger charge is 2.45. The maximum atomic E-state index is 6.34. The van der Waals surface area contributed by atoms with E-state index >= 15 is 0 Å². The molecule has 2 unspecified atom stereocenters. The molecule has 0 aromatic carbocycles. The monoisotopic (exact) mass is 342 g/mol. The Morgan fingerprint density at radius 1 is 1.32 bits per heavy atom. The summed E-state index contributed by atoms with van der Waals surface area (Å²) in [4.78, 5) is 13.4. The summed E-state index contributed by atoms with van der Waals surface area (Å²) < 4.78 is 12.1. The van der Waals surface area contributed by atoms with Gasteiger partial charge in [0.05, 0.1) is 24.8 Å². The van der Waals surface area contributed by atoms with Crippen LogP contribution >= 0.6 is 0 Å². The molecular formula is C19H26N4O2. The zero-order valence-electron chi connectivity index (χ0n) is 15.0. The maximum Gasteiger partial charge on any atom is 0.225 e. The molecule has 2 aliphatic rings. The van der Waals surface area contributed by atoms with Crippen molar-refractivity contribution in [3.05, 3.63) is 42.1 Å². The summed E-state index contributed by atoms with van der Waals surface area (Å²) in [5.74, 6) is 2.79. The van der Waals surface area contributed by atoms with Crippen molar-refractivity contribution < 1.29 is 9.15 Å². The topological polar surface area (TPSA) is 54.6 Å². The fraction of sp³-hybridized carbons (Fsp3) is 0.579. The molecule has 2 fully saturated rings. The molecule has 2 aliphatic heterocycles. The van der Waals surface area contributed by atoms with E-state index in [1.54, 1.807) is 12.4 Å². The number of anilines is 1. The third-order valence-electron chi connectivity index (χ3n) is 5.40. The molecule has 2 atom stereocenters. The highest BCUT2D eigenvalue weighted by Crippen LogP contribution is 2.37. The van der Waals surface area contributed by atoms with Crippen LogP contribution in [-0.4, -0.2) is 53.3 Å². The van der Waals surface area contributed by atoms with E-state index < -0.39 is 0 Å². The number of piperidine rings is 1. The third kappa shape index (κ3) is 3.55. The van der Waals surface area contributed by atoms with E-state index in [-0.39, 0.29) is 5.60 Å². The van der Waals surface area contributed by atoms with E-state index in [1.807, 2.05) is 19.1 Å². The van der Waals surface area contributed by atoms with Gasteiger partial charge >= 0.3 is 0 Å². The molecule has 0 bridgehead atoms. The molecule has 6 nitrogen and oxygen atoms in total. The number of furan rings is 1. The number of nitrogens with zero attached hydrogens (tertiary/aromatic N) is 4. The van der Waals surface area contributed by atoms with Crippen LogP contribution in [0.15, 0.2) is 35.0 Å². The zero-order chi connectivity index (χ0) is 17.3. The molecule has 25 heavy (non-hydrogen) atoms. The Morgan fingerprint density at radius 3 is 2.92 bits per heavy atom. The molecule has 0 saturated carbocycles. The number of ether oxygens (including phenoxy) is 1. The van der Waals surface area contributed by atoms with E-state index in [2.05, 4.69) is 32.9 Å². The van der Waals surface area contributed by atoms with Gasteiger partial charge in [-0.3, -0.25) is 4.90 Å². The Balaban J connectivity index is 1.40. The number of aromatic nitrogens is 2. The van der Waals surface area contributed by atoms with Crippen molar-refractivity contribution in [3.63, 3.8) is 0 Å². The molecular weight excluding hydrogens is 316 g/mol. The van der Waals surface area contributed by atoms with Crippen molar-refractivity contribution in [1.29, 1.82) is 0 Å². The van der Waals surface area contributed by atoms with Crippen molar-refractivity contribution in [2.75, 3.05) is 31.6 Å². The van der Waals surface area contributed by atoms with E-state index in [9.17, 15) is 0 Å². The minimum atomic E-state index is -0.0480. The van der Waals surface area contributed by atoms with Crippen LogP contribution in [0.1, 0.15) is 30.8 Å². The number of hydrogen-bond acceptors (Lipinski definition) is 6. The quantitative estimate of drug-likeness (QED) is 0.851. The molecule has 0 N–H and O–H groups in total. The Labute approximate surface area is 148 Å². The van der Waals surface area contributed by atoms with Gasteiger partial charge in [0.25, 0.3) is 0 Å². The highest BCUT2D eigenvalue weighted by molar-refractivity contribution is 5.30. The van der Waals surface area contributed by atoms with Gasteiger partial charge in [0.1, 0.15) is 11.5 Å². The summed E-state index contributed by atoms with van der Waals surface area (Å²) >= 11 is 0. The van der Waals surface area contributed by atoms with Gasteiger partial charge in [-0.15, -0.1) is 0 Å². The largest absolute Gasteiger partial charge is 0.465 e. The molecule has 4 heterocycles. The predicted molar refractivity (Wildman–Crippen MR) is 95.5 cm³/mol. The molecule has 4 rings (SSSR count). The lowest BCUT2D eigenvalue weighted by atomic mass is 9.88. The zero-order valence-corrected chi connectivity index (χ0v) is 15.0. The number of rotatable bonds is 4. The molecule has 2 saturated heterocycles. The first-order chi connectivity index (χ1) is 12.1. The second-order valence-electron chi connectivity index (χ2n) is 7.34. The smallest absolute Gasteiger partial charge is 0.225 e. The summed E-state index contributed by atoms with van der Waals surface area (Å²) in [6.45, 7) is 5.66. The standard InChI is InChI=1S/C19H26N4O2/c1-15-5-6-17(25-15)12-23-10-3-7-19(14-23)11-16(13-24-19)22(2)18-20-8-4-9-21-18/h4-6,8-9,16H,3,7,10-14H2,1-2H3. The van der Waals surface area contributed by atoms with Crippen LogP contribution in [0.5, 0.6) is 0 Å². The lowest BCUT2D eigenvalue weighted by Gasteiger charge is -2.39. The van der Waals surface area contributed by atoms with E-state index in [0.29, 0.717) is 6.04 Å². The maximum absolute atomic E-state index is 6.34. The fourth-order valence-corrected chi connectivity index (χ4v) is 4.11. The fourth-order valence-electron chi connectivity index (χ4n) is 4.11. The van der Waals surface area contributed by atoms with Crippen molar-refractivity contribution in [2.45, 2.75) is 44.4 Å². The summed E-state index contributed by atoms with van der Waals surface area (Å²) in [6, 6.07) is 6.29. The van der Waals surface area contributed by atoms with Gasteiger partial charge in [-0.2, -0.15) is 0 Å². The Bertz CT molecular complexity index is 704. The molecule has 1 spiro atoms. The lowest BCUT2D eigenvalue weighted by molar-refractivity contribution is -0.0545. The summed E-state index contributed by atoms with van der Waals surface area (Å²) in [7, 11) is 2.06. The van der Waals surface area contributed by atoms with Crippen LogP contribution in [-0.2, 0) is 11.3 Å². The molecule has 0 amide bonds. The third-order valence-corrected chi connectivity index (χ3v) is 5.40. The van der Waals surface area contributed by atoms with Crippen molar-refractivity contribution >= 4 is 5.95 Å². The van der Waals surface area contributed by atoms with Crippen LogP contribution in [0.3, 0.4) is 0 Å². The average Bonchev–Trinajstić information content (AvgIpc) is 3.22. The van der Waals surface area contributed by atoms with E-state index in [4.69, 9.17) is 9.15 Å². The molecule has 0 radical (unpaired) electrons. The van der Waals surface area contributed by atoms with Crippen LogP contribution in [0.25, 0.3) is 0 Å². The van der Waals surface area contributed by atoms with Crippen molar-refractivity contribution in [2.24, 2.45) is 0 Å². The second-order valence-corrected chi connectivity index (χ2v) is 7.34. The molecule has 6 heteroatoms. The van der Waals surface area contributed by atoms with Gasteiger partial charge in [0.15, 0.2) is 0 Å². The molecule has 134 valence electrons. The van der Waals surface area contributed by atoms with Gasteiger partial charge in [0, 0.05) is 32.4 Å². The number of hydrogen-bond donors (Lipinski definition) is 0. The minimum absolute atomic E-state index is 0.0480. The van der Waals surface area contributed by atoms with Crippen LogP contribution in [0.2, 0.25) is 0 Å². The summed E-state index contributed by atoms with van der Waals surface area (Å²) in [5.41, 5.74) is -0.0480. The molecule has 0 aliphatic carbocycles. The number of aryl methyl sites for hydroxylation is 1. The first-order valence-electron chi connectivity index (χ1n) is 9.05. The Hall–Kier alpha value is -1.92. The lowest BCUT2D eigenvalue weighted by Crippen LogP contribution is -2.48. The first kappa shape index (κ1) is 16.5. The van der Waals surface area contributed by atoms with Gasteiger partial charge in [0.2, 0.25) is 5.95 Å². The Morgan fingerprint density at radius 2 is 2.16 bits per heavy atom. The normalized spacial score (nSPS) is 27.0. The van der Waals surface area contributed by atoms with E-state index in [0.717, 1.165) is 63.0 Å². The first-order valence-corrected chi connectivity index (χ1v) is 9.05. The van der Waals surface area contributed by atoms with Crippen molar-refractivity contribution in [3.8, 4) is 0 Å². The van der Waals surface area contributed by atoms with Gasteiger partial charge in [-0.25, -0.2) is 9.97 Å². The van der Waals surface area contributed by atoms with Crippen LogP contribution in [0.4, 0.5) is 5.95 Å². The van der Waals surface area contributed by atoms with Gasteiger partial charge in [-0.1, -0.05) is 0 Å². The molecule has 2 aromatic rings. The average molecular weight is 342 g/mol. The van der Waals surface area contributed by atoms with Gasteiger partial charge in [-0.05, 0) is 44.5 Å². The van der Waals surface area contributed by atoms with Crippen LogP contribution in [0, 0.1) is 6.92 Å².